The molecule has 0 saturated carbocycles. The lowest BCUT2D eigenvalue weighted by Crippen LogP contribution is -2.40. The molecule has 2 rings (SSSR count). The SMILES string of the molecule is CCNC(=NCCc1nc(C(F)(F)F)cs1)N1CCC(CC(C)C)C1.I. The van der Waals surface area contributed by atoms with Crippen molar-refractivity contribution in [3.63, 3.8) is 0 Å². The molecule has 1 aromatic heterocycles. The molecule has 1 saturated heterocycles. The molecule has 1 unspecified atom stereocenters. The minimum atomic E-state index is -4.37. The molecule has 0 radical (unpaired) electrons. The summed E-state index contributed by atoms with van der Waals surface area (Å²) in [4.78, 5) is 10.5. The average Bonchev–Trinajstić information content (AvgIpc) is 3.14. The Kier molecular flexibility index (Phi) is 9.63. The average molecular weight is 504 g/mol. The van der Waals surface area contributed by atoms with Gasteiger partial charge in [0.25, 0.3) is 0 Å². The van der Waals surface area contributed by atoms with Crippen molar-refractivity contribution in [1.82, 2.24) is 15.2 Å². The van der Waals surface area contributed by atoms with Crippen LogP contribution >= 0.6 is 35.3 Å². The molecule has 0 aliphatic carbocycles. The Balaban J connectivity index is 0.00000338. The van der Waals surface area contributed by atoms with E-state index in [9.17, 15) is 13.2 Å². The molecule has 1 atom stereocenters. The number of alkyl halides is 3. The highest BCUT2D eigenvalue weighted by molar-refractivity contribution is 14.0. The fourth-order valence-electron chi connectivity index (χ4n) is 3.12. The quantitative estimate of drug-likeness (QED) is 0.348. The third kappa shape index (κ3) is 7.21. The summed E-state index contributed by atoms with van der Waals surface area (Å²) >= 11 is 1.05. The van der Waals surface area contributed by atoms with Crippen molar-refractivity contribution in [3.8, 4) is 0 Å². The molecule has 26 heavy (non-hydrogen) atoms. The number of nitrogens with zero attached hydrogens (tertiary/aromatic N) is 3. The molecule has 2 heterocycles. The van der Waals surface area contributed by atoms with Crippen LogP contribution in [0, 0.1) is 11.8 Å². The van der Waals surface area contributed by atoms with Gasteiger partial charge in [0.2, 0.25) is 0 Å². The van der Waals surface area contributed by atoms with Gasteiger partial charge in [0.15, 0.2) is 11.7 Å². The van der Waals surface area contributed by atoms with Gasteiger partial charge in [-0.2, -0.15) is 13.2 Å². The van der Waals surface area contributed by atoms with Crippen molar-refractivity contribution < 1.29 is 13.2 Å². The number of likely N-dealkylation sites (tertiary alicyclic amines) is 1. The van der Waals surface area contributed by atoms with Gasteiger partial charge in [0.05, 0.1) is 5.01 Å². The van der Waals surface area contributed by atoms with Crippen LogP contribution in [-0.2, 0) is 12.6 Å². The standard InChI is InChI=1S/C17H27F3N4S.HI/c1-4-21-16(24-8-6-13(10-24)9-12(2)3)22-7-5-15-23-14(11-25-15)17(18,19)20;/h11-13H,4-10H2,1-3H3,(H,21,22);1H. The van der Waals surface area contributed by atoms with Crippen molar-refractivity contribution in [2.75, 3.05) is 26.2 Å². The van der Waals surface area contributed by atoms with Crippen LogP contribution in [0.2, 0.25) is 0 Å². The number of nitrogens with one attached hydrogen (secondary N) is 1. The second-order valence-electron chi connectivity index (χ2n) is 6.84. The van der Waals surface area contributed by atoms with Crippen molar-refractivity contribution in [1.29, 1.82) is 0 Å². The van der Waals surface area contributed by atoms with Crippen molar-refractivity contribution in [2.24, 2.45) is 16.8 Å². The van der Waals surface area contributed by atoms with E-state index < -0.39 is 11.9 Å². The number of hydrogen-bond acceptors (Lipinski definition) is 3. The summed E-state index contributed by atoms with van der Waals surface area (Å²) in [6.07, 6.45) is -1.55. The highest BCUT2D eigenvalue weighted by Gasteiger charge is 2.33. The van der Waals surface area contributed by atoms with E-state index >= 15 is 0 Å². The molecule has 0 bridgehead atoms. The zero-order chi connectivity index (χ0) is 18.4. The molecule has 1 aliphatic heterocycles. The van der Waals surface area contributed by atoms with Gasteiger partial charge in [-0.25, -0.2) is 4.98 Å². The van der Waals surface area contributed by atoms with Crippen molar-refractivity contribution in [2.45, 2.75) is 46.2 Å². The smallest absolute Gasteiger partial charge is 0.357 e. The molecule has 1 N–H and O–H groups in total. The zero-order valence-corrected chi connectivity index (χ0v) is 18.6. The maximum Gasteiger partial charge on any atom is 0.434 e. The second-order valence-corrected chi connectivity index (χ2v) is 7.78. The number of hydrogen-bond donors (Lipinski definition) is 1. The van der Waals surface area contributed by atoms with Crippen LogP contribution in [0.5, 0.6) is 0 Å². The van der Waals surface area contributed by atoms with Crippen LogP contribution in [-0.4, -0.2) is 42.0 Å². The first-order chi connectivity index (χ1) is 11.8. The summed E-state index contributed by atoms with van der Waals surface area (Å²) < 4.78 is 37.7. The van der Waals surface area contributed by atoms with E-state index in [0.717, 1.165) is 42.3 Å². The Morgan fingerprint density at radius 1 is 1.46 bits per heavy atom. The predicted octanol–water partition coefficient (Wildman–Crippen LogP) is 4.66. The van der Waals surface area contributed by atoms with Crippen LogP contribution < -0.4 is 5.32 Å². The first kappa shape index (κ1) is 23.5. The molecule has 0 amide bonds. The van der Waals surface area contributed by atoms with Crippen molar-refractivity contribution in [3.05, 3.63) is 16.1 Å². The minimum Gasteiger partial charge on any atom is -0.357 e. The first-order valence-corrected chi connectivity index (χ1v) is 9.72. The molecule has 0 aromatic carbocycles. The molecule has 1 aliphatic rings. The summed E-state index contributed by atoms with van der Waals surface area (Å²) in [6, 6.07) is 0. The summed E-state index contributed by atoms with van der Waals surface area (Å²) in [6.45, 7) is 9.71. The Morgan fingerprint density at radius 3 is 2.77 bits per heavy atom. The number of aliphatic imine (C=N–C) groups is 1. The third-order valence-electron chi connectivity index (χ3n) is 4.15. The van der Waals surface area contributed by atoms with Crippen molar-refractivity contribution >= 4 is 41.3 Å². The third-order valence-corrected chi connectivity index (χ3v) is 5.06. The Morgan fingerprint density at radius 2 is 2.19 bits per heavy atom. The second kappa shape index (κ2) is 10.7. The number of rotatable bonds is 6. The number of guanidine groups is 1. The van der Waals surface area contributed by atoms with Gasteiger partial charge < -0.3 is 10.2 Å². The van der Waals surface area contributed by atoms with E-state index in [0.29, 0.717) is 29.8 Å². The Bertz CT molecular complexity index is 575. The summed E-state index contributed by atoms with van der Waals surface area (Å²) in [5.41, 5.74) is -0.806. The minimum absolute atomic E-state index is 0. The lowest BCUT2D eigenvalue weighted by molar-refractivity contribution is -0.140. The van der Waals surface area contributed by atoms with E-state index in [1.807, 2.05) is 6.92 Å². The largest absolute Gasteiger partial charge is 0.434 e. The Hall–Kier alpha value is -0.580. The lowest BCUT2D eigenvalue weighted by atomic mass is 9.97. The number of halogens is 4. The maximum absolute atomic E-state index is 12.6. The van der Waals surface area contributed by atoms with Gasteiger partial charge in [-0.15, -0.1) is 35.3 Å². The Labute approximate surface area is 174 Å². The van der Waals surface area contributed by atoms with Crippen LogP contribution in [0.1, 0.15) is 44.3 Å². The van der Waals surface area contributed by atoms with Gasteiger partial charge >= 0.3 is 6.18 Å². The summed E-state index contributed by atoms with van der Waals surface area (Å²) in [5, 5.41) is 4.84. The molecule has 1 aromatic rings. The van der Waals surface area contributed by atoms with Gasteiger partial charge in [0, 0.05) is 38.0 Å². The van der Waals surface area contributed by atoms with E-state index in [4.69, 9.17) is 0 Å². The van der Waals surface area contributed by atoms with Gasteiger partial charge in [0.1, 0.15) is 0 Å². The van der Waals surface area contributed by atoms with Crippen LogP contribution in [0.15, 0.2) is 10.4 Å². The van der Waals surface area contributed by atoms with Crippen LogP contribution in [0.4, 0.5) is 13.2 Å². The van der Waals surface area contributed by atoms with Gasteiger partial charge in [-0.05, 0) is 31.6 Å². The lowest BCUT2D eigenvalue weighted by Gasteiger charge is -2.22. The fraction of sp³-hybridized carbons (Fsp3) is 0.765. The van der Waals surface area contributed by atoms with Gasteiger partial charge in [-0.3, -0.25) is 4.99 Å². The topological polar surface area (TPSA) is 40.5 Å². The van der Waals surface area contributed by atoms with E-state index in [2.05, 4.69) is 34.0 Å². The molecule has 9 heteroatoms. The highest BCUT2D eigenvalue weighted by atomic mass is 127. The van der Waals surface area contributed by atoms with E-state index in [1.165, 1.54) is 12.8 Å². The van der Waals surface area contributed by atoms with Crippen LogP contribution in [0.3, 0.4) is 0 Å². The molecular weight excluding hydrogens is 476 g/mol. The molecule has 0 spiro atoms. The maximum atomic E-state index is 12.6. The van der Waals surface area contributed by atoms with E-state index in [-0.39, 0.29) is 24.0 Å². The first-order valence-electron chi connectivity index (χ1n) is 8.84. The molecule has 4 nitrogen and oxygen atoms in total. The van der Waals surface area contributed by atoms with E-state index in [1.54, 1.807) is 0 Å². The van der Waals surface area contributed by atoms with Crippen LogP contribution in [0.25, 0.3) is 0 Å². The van der Waals surface area contributed by atoms with Gasteiger partial charge in [-0.1, -0.05) is 13.8 Å². The monoisotopic (exact) mass is 504 g/mol. The molecule has 1 fully saturated rings. The molecule has 150 valence electrons. The predicted molar refractivity (Wildman–Crippen MR) is 111 cm³/mol. The molecular formula is C17H28F3IN4S. The zero-order valence-electron chi connectivity index (χ0n) is 15.5. The number of aromatic nitrogens is 1. The summed E-state index contributed by atoms with van der Waals surface area (Å²) in [5.74, 6) is 2.25. The number of thiazole rings is 1. The normalized spacial score (nSPS) is 18.3. The summed E-state index contributed by atoms with van der Waals surface area (Å²) in [7, 11) is 0. The fourth-order valence-corrected chi connectivity index (χ4v) is 3.92. The highest BCUT2D eigenvalue weighted by Crippen LogP contribution is 2.30.